The van der Waals surface area contributed by atoms with E-state index in [1.165, 1.54) is 13.2 Å². The summed E-state index contributed by atoms with van der Waals surface area (Å²) >= 11 is 1.56. The van der Waals surface area contributed by atoms with Crippen LogP contribution in [-0.2, 0) is 14.3 Å². The SMILES string of the molecule is COC(=O)/C=C/c1cc(C=Cc2ccc(N3CCN(C(C)=O)CC3)cn2)cs1. The number of thiophene rings is 1. The molecule has 28 heavy (non-hydrogen) atoms. The number of piperazine rings is 1. The maximum absolute atomic E-state index is 11.4. The van der Waals surface area contributed by atoms with Crippen LogP contribution in [0, 0.1) is 0 Å². The lowest BCUT2D eigenvalue weighted by Gasteiger charge is -2.35. The number of hydrogen-bond acceptors (Lipinski definition) is 6. The smallest absolute Gasteiger partial charge is 0.330 e. The molecule has 0 saturated carbocycles. The molecule has 1 saturated heterocycles. The second-order valence-electron chi connectivity index (χ2n) is 6.41. The lowest BCUT2D eigenvalue weighted by Crippen LogP contribution is -2.48. The molecule has 2 aromatic rings. The zero-order chi connectivity index (χ0) is 19.9. The van der Waals surface area contributed by atoms with Crippen LogP contribution < -0.4 is 4.90 Å². The van der Waals surface area contributed by atoms with Crippen LogP contribution in [0.2, 0.25) is 0 Å². The normalized spacial score (nSPS) is 14.8. The van der Waals surface area contributed by atoms with Gasteiger partial charge in [-0.3, -0.25) is 9.78 Å². The van der Waals surface area contributed by atoms with Gasteiger partial charge in [0.05, 0.1) is 24.7 Å². The first-order chi connectivity index (χ1) is 13.5. The molecule has 0 unspecified atom stereocenters. The Bertz CT molecular complexity index is 879. The minimum atomic E-state index is -0.363. The van der Waals surface area contributed by atoms with Gasteiger partial charge in [-0.05, 0) is 41.3 Å². The summed E-state index contributed by atoms with van der Waals surface area (Å²) in [6, 6.07) is 6.06. The van der Waals surface area contributed by atoms with Gasteiger partial charge in [-0.1, -0.05) is 6.08 Å². The second-order valence-corrected chi connectivity index (χ2v) is 7.35. The van der Waals surface area contributed by atoms with Gasteiger partial charge in [0.2, 0.25) is 5.91 Å². The molecule has 146 valence electrons. The highest BCUT2D eigenvalue weighted by molar-refractivity contribution is 7.11. The van der Waals surface area contributed by atoms with E-state index >= 15 is 0 Å². The standard InChI is InChI=1S/C21H23N3O3S/c1-16(25)23-9-11-24(12-10-23)19-6-5-18(22-14-19)4-3-17-13-20(28-15-17)7-8-21(26)27-2/h3-8,13-15H,9-12H2,1-2H3/b4-3?,8-7+. The summed E-state index contributed by atoms with van der Waals surface area (Å²) in [5.41, 5.74) is 3.01. The molecule has 1 aliphatic heterocycles. The molecule has 1 aliphatic rings. The minimum Gasteiger partial charge on any atom is -0.466 e. The van der Waals surface area contributed by atoms with E-state index in [4.69, 9.17) is 0 Å². The largest absolute Gasteiger partial charge is 0.466 e. The number of anilines is 1. The molecule has 0 radical (unpaired) electrons. The fourth-order valence-electron chi connectivity index (χ4n) is 2.91. The Hall–Kier alpha value is -2.93. The number of amides is 1. The fourth-order valence-corrected chi connectivity index (χ4v) is 3.68. The molecule has 0 atom stereocenters. The highest BCUT2D eigenvalue weighted by Gasteiger charge is 2.18. The number of carbonyl (C=O) groups is 2. The van der Waals surface area contributed by atoms with Crippen molar-refractivity contribution >= 4 is 47.1 Å². The lowest BCUT2D eigenvalue weighted by molar-refractivity contribution is -0.134. The predicted octanol–water partition coefficient (Wildman–Crippen LogP) is 3.17. The van der Waals surface area contributed by atoms with Gasteiger partial charge in [-0.15, -0.1) is 11.3 Å². The third kappa shape index (κ3) is 5.29. The Morgan fingerprint density at radius 1 is 1.14 bits per heavy atom. The molecule has 1 amide bonds. The van der Waals surface area contributed by atoms with Crippen molar-refractivity contribution in [2.75, 3.05) is 38.2 Å². The number of ether oxygens (including phenoxy) is 1. The summed E-state index contributed by atoms with van der Waals surface area (Å²) < 4.78 is 4.59. The first kappa shape index (κ1) is 19.8. The molecule has 2 aromatic heterocycles. The molecule has 1 fully saturated rings. The van der Waals surface area contributed by atoms with Crippen molar-refractivity contribution in [3.8, 4) is 0 Å². The number of rotatable bonds is 5. The lowest BCUT2D eigenvalue weighted by atomic mass is 10.2. The highest BCUT2D eigenvalue weighted by Crippen LogP contribution is 2.20. The highest BCUT2D eigenvalue weighted by atomic mass is 32.1. The molecular formula is C21H23N3O3S. The molecule has 0 aromatic carbocycles. The Balaban J connectivity index is 1.57. The van der Waals surface area contributed by atoms with Crippen LogP contribution in [0.4, 0.5) is 5.69 Å². The van der Waals surface area contributed by atoms with Crippen LogP contribution in [0.5, 0.6) is 0 Å². The number of aromatic nitrogens is 1. The average Bonchev–Trinajstić information content (AvgIpc) is 3.19. The Kier molecular flexibility index (Phi) is 6.60. The number of pyridine rings is 1. The third-order valence-corrected chi connectivity index (χ3v) is 5.45. The van der Waals surface area contributed by atoms with Crippen LogP contribution in [0.1, 0.15) is 23.1 Å². The van der Waals surface area contributed by atoms with Crippen molar-refractivity contribution in [2.45, 2.75) is 6.92 Å². The van der Waals surface area contributed by atoms with E-state index < -0.39 is 0 Å². The van der Waals surface area contributed by atoms with Crippen molar-refractivity contribution in [2.24, 2.45) is 0 Å². The van der Waals surface area contributed by atoms with Crippen LogP contribution in [0.25, 0.3) is 18.2 Å². The van der Waals surface area contributed by atoms with Gasteiger partial charge in [-0.2, -0.15) is 0 Å². The molecule has 0 spiro atoms. The van der Waals surface area contributed by atoms with Crippen molar-refractivity contribution in [3.63, 3.8) is 0 Å². The summed E-state index contributed by atoms with van der Waals surface area (Å²) in [7, 11) is 1.36. The summed E-state index contributed by atoms with van der Waals surface area (Å²) in [5, 5.41) is 2.02. The topological polar surface area (TPSA) is 62.7 Å². The van der Waals surface area contributed by atoms with E-state index in [2.05, 4.69) is 20.7 Å². The van der Waals surface area contributed by atoms with Crippen molar-refractivity contribution in [3.05, 3.63) is 52.0 Å². The summed E-state index contributed by atoms with van der Waals surface area (Å²) in [6.07, 6.45) is 9.00. The van der Waals surface area contributed by atoms with Gasteiger partial charge in [0.1, 0.15) is 0 Å². The number of carbonyl (C=O) groups excluding carboxylic acids is 2. The second kappa shape index (κ2) is 9.32. The first-order valence-corrected chi connectivity index (χ1v) is 9.92. The maximum Gasteiger partial charge on any atom is 0.330 e. The fraction of sp³-hybridized carbons (Fsp3) is 0.286. The van der Waals surface area contributed by atoms with E-state index in [9.17, 15) is 9.59 Å². The monoisotopic (exact) mass is 397 g/mol. The zero-order valence-electron chi connectivity index (χ0n) is 16.0. The van der Waals surface area contributed by atoms with Gasteiger partial charge in [0, 0.05) is 44.1 Å². The minimum absolute atomic E-state index is 0.135. The molecule has 0 N–H and O–H groups in total. The first-order valence-electron chi connectivity index (χ1n) is 9.04. The van der Waals surface area contributed by atoms with Crippen molar-refractivity contribution in [1.82, 2.24) is 9.88 Å². The molecule has 6 nitrogen and oxygen atoms in total. The van der Waals surface area contributed by atoms with Gasteiger partial charge >= 0.3 is 5.97 Å². The Morgan fingerprint density at radius 3 is 2.57 bits per heavy atom. The van der Waals surface area contributed by atoms with Crippen LogP contribution >= 0.6 is 11.3 Å². The predicted molar refractivity (Wildman–Crippen MR) is 113 cm³/mol. The molecule has 7 heteroatoms. The number of nitrogens with zero attached hydrogens (tertiary/aromatic N) is 3. The van der Waals surface area contributed by atoms with Crippen molar-refractivity contribution < 1.29 is 14.3 Å². The van der Waals surface area contributed by atoms with Crippen LogP contribution in [-0.4, -0.2) is 55.0 Å². The molecule has 3 heterocycles. The van der Waals surface area contributed by atoms with E-state index in [1.807, 2.05) is 40.8 Å². The van der Waals surface area contributed by atoms with E-state index in [1.54, 1.807) is 24.3 Å². The van der Waals surface area contributed by atoms with E-state index in [0.29, 0.717) is 0 Å². The van der Waals surface area contributed by atoms with Crippen LogP contribution in [0.15, 0.2) is 35.9 Å². The molecule has 3 rings (SSSR count). The Morgan fingerprint density at radius 2 is 1.93 bits per heavy atom. The number of esters is 1. The molecule has 0 aliphatic carbocycles. The quantitative estimate of drug-likeness (QED) is 0.573. The van der Waals surface area contributed by atoms with Crippen molar-refractivity contribution in [1.29, 1.82) is 0 Å². The van der Waals surface area contributed by atoms with E-state index in [-0.39, 0.29) is 11.9 Å². The molecular weight excluding hydrogens is 374 g/mol. The summed E-state index contributed by atoms with van der Waals surface area (Å²) in [6.45, 7) is 4.77. The summed E-state index contributed by atoms with van der Waals surface area (Å²) in [4.78, 5) is 32.2. The third-order valence-electron chi connectivity index (χ3n) is 4.53. The maximum atomic E-state index is 11.4. The Labute approximate surface area is 168 Å². The average molecular weight is 398 g/mol. The zero-order valence-corrected chi connectivity index (χ0v) is 16.8. The van der Waals surface area contributed by atoms with Gasteiger partial charge in [-0.25, -0.2) is 4.79 Å². The van der Waals surface area contributed by atoms with Gasteiger partial charge < -0.3 is 14.5 Å². The van der Waals surface area contributed by atoms with Gasteiger partial charge in [0.15, 0.2) is 0 Å². The number of hydrogen-bond donors (Lipinski definition) is 0. The van der Waals surface area contributed by atoms with Gasteiger partial charge in [0.25, 0.3) is 0 Å². The summed E-state index contributed by atoms with van der Waals surface area (Å²) in [5.74, 6) is -0.229. The number of methoxy groups -OCH3 is 1. The van der Waals surface area contributed by atoms with E-state index in [0.717, 1.165) is 48.0 Å². The molecule has 0 bridgehead atoms. The van der Waals surface area contributed by atoms with Crippen LogP contribution in [0.3, 0.4) is 0 Å².